The molecule has 0 aliphatic heterocycles. The molecule has 0 atom stereocenters. The molecule has 0 saturated heterocycles. The molecule has 0 unspecified atom stereocenters. The average Bonchev–Trinajstić information content (AvgIpc) is 3.65. The van der Waals surface area contributed by atoms with Gasteiger partial charge in [0.2, 0.25) is 0 Å². The van der Waals surface area contributed by atoms with E-state index in [0.29, 0.717) is 0 Å². The quantitative estimate of drug-likeness (QED) is 0.122. The fourth-order valence-electron chi connectivity index (χ4n) is 5.52. The van der Waals surface area contributed by atoms with Crippen molar-refractivity contribution in [1.82, 2.24) is 0 Å². The molecule has 2 radical (unpaired) electrons. The van der Waals surface area contributed by atoms with Gasteiger partial charge in [-0.3, -0.25) is 0 Å². The normalized spacial score (nSPS) is 10.3. The summed E-state index contributed by atoms with van der Waals surface area (Å²) in [6.07, 6.45) is 1.10. The molecule has 0 nitrogen and oxygen atoms in total. The van der Waals surface area contributed by atoms with Gasteiger partial charge in [0.05, 0.1) is 0 Å². The molecule has 0 amide bonds. The van der Waals surface area contributed by atoms with Gasteiger partial charge in [0.15, 0.2) is 0 Å². The Morgan fingerprint density at radius 2 is 1.00 bits per heavy atom. The number of hydrogen-bond acceptors (Lipinski definition) is 0. The van der Waals surface area contributed by atoms with E-state index in [-0.39, 0.29) is 0 Å². The van der Waals surface area contributed by atoms with Crippen LogP contribution in [0.25, 0.3) is 43.8 Å². The van der Waals surface area contributed by atoms with E-state index in [9.17, 15) is 0 Å². The Morgan fingerprint density at radius 1 is 0.578 bits per heavy atom. The van der Waals surface area contributed by atoms with Crippen LogP contribution in [0.3, 0.4) is 0 Å². The van der Waals surface area contributed by atoms with Crippen LogP contribution in [0, 0.1) is 34.6 Å². The minimum absolute atomic E-state index is 0.826. The zero-order chi connectivity index (χ0) is 32.9. The van der Waals surface area contributed by atoms with Crippen LogP contribution in [-0.2, 0) is 27.3 Å². The van der Waals surface area contributed by atoms with E-state index in [2.05, 4.69) is 152 Å². The Hall–Kier alpha value is -2.22. The molecule has 6 aromatic carbocycles. The van der Waals surface area contributed by atoms with Gasteiger partial charge >= 0.3 is 37.9 Å². The van der Waals surface area contributed by atoms with Crippen molar-refractivity contribution in [1.29, 1.82) is 0 Å². The number of benzene rings is 4. The van der Waals surface area contributed by atoms with E-state index in [0.717, 1.165) is 6.42 Å². The maximum atomic E-state index is 4.93. The summed E-state index contributed by atoms with van der Waals surface area (Å²) in [6.45, 7) is 17.5. The summed E-state index contributed by atoms with van der Waals surface area (Å²) in [6, 6.07) is 38.5. The molecule has 0 aliphatic rings. The molecule has 0 saturated carbocycles. The van der Waals surface area contributed by atoms with Crippen molar-refractivity contribution >= 4 is 48.1 Å². The SMILES string of the molecule is CC[Si]CC.CCc1cc2c(-c3ccc(C)cc3)ccc(C)c2[cH-]1.Cc1ccc(-c2ccc(C)c3[cH-]c(C)cc23)cc1.[Cl][Zr+2][Cl]. The molecule has 0 N–H and O–H groups in total. The zero-order valence-corrected chi connectivity index (χ0v) is 33.1. The first kappa shape index (κ1) is 37.2. The van der Waals surface area contributed by atoms with Gasteiger partial charge in [-0.1, -0.05) is 137 Å². The number of aryl methyl sites for hydroxylation is 6. The van der Waals surface area contributed by atoms with Crippen LogP contribution < -0.4 is 0 Å². The Balaban J connectivity index is 0.000000199. The molecule has 6 aromatic rings. The molecule has 45 heavy (non-hydrogen) atoms. The molecule has 0 bridgehead atoms. The fourth-order valence-corrected chi connectivity index (χ4v) is 6.02. The standard InChI is InChI=1S/C19H19.C18H17.C4H10Si.2ClH.Zr/c1-4-15-11-18-14(3)7-10-17(19(18)12-15)16-8-5-13(2)6-9-16;1-12-4-7-15(8-5-12)16-9-6-14(3)17-10-13(2)11-18(16)17;1-3-5-4-2;;;/h5-12H,4H2,1-3H3;4-11H,1-3H3;3-4H2,1-2H3;2*1H;/q2*-1;;;;+4/p-2. The van der Waals surface area contributed by atoms with Gasteiger partial charge in [0.1, 0.15) is 0 Å². The molecule has 0 fully saturated rings. The van der Waals surface area contributed by atoms with Crippen LogP contribution in [0.15, 0.2) is 97.1 Å². The second-order valence-corrected chi connectivity index (χ2v) is 17.2. The van der Waals surface area contributed by atoms with Crippen molar-refractivity contribution < 1.29 is 20.8 Å². The van der Waals surface area contributed by atoms with Gasteiger partial charge in [-0.05, 0) is 31.4 Å². The molecule has 4 heteroatoms. The Kier molecular flexibility index (Phi) is 15.6. The summed E-state index contributed by atoms with van der Waals surface area (Å²) >= 11 is -0.826. The first-order valence-electron chi connectivity index (χ1n) is 15.8. The predicted octanol–water partition coefficient (Wildman–Crippen LogP) is 13.5. The van der Waals surface area contributed by atoms with Gasteiger partial charge in [-0.25, -0.2) is 0 Å². The van der Waals surface area contributed by atoms with Crippen molar-refractivity contribution in [2.45, 2.75) is 73.9 Å². The molecule has 0 heterocycles. The Morgan fingerprint density at radius 3 is 1.40 bits per heavy atom. The van der Waals surface area contributed by atoms with Crippen molar-refractivity contribution in [2.24, 2.45) is 0 Å². The average molecular weight is 729 g/mol. The predicted molar refractivity (Wildman–Crippen MR) is 201 cm³/mol. The van der Waals surface area contributed by atoms with Gasteiger partial charge < -0.3 is 0 Å². The van der Waals surface area contributed by atoms with Crippen LogP contribution in [0.2, 0.25) is 12.1 Å². The number of fused-ring (bicyclic) bond motifs is 2. The second-order valence-electron chi connectivity index (χ2n) is 11.5. The summed E-state index contributed by atoms with van der Waals surface area (Å²) in [5, 5.41) is 5.54. The van der Waals surface area contributed by atoms with Gasteiger partial charge in [-0.15, -0.1) is 68.1 Å². The molecule has 0 aromatic heterocycles. The summed E-state index contributed by atoms with van der Waals surface area (Å²) in [7, 11) is 11.1. The van der Waals surface area contributed by atoms with E-state index < -0.39 is 20.8 Å². The Bertz CT molecular complexity index is 1760. The number of hydrogen-bond donors (Lipinski definition) is 0. The minimum atomic E-state index is -0.826. The maximum absolute atomic E-state index is 4.93. The van der Waals surface area contributed by atoms with E-state index >= 15 is 0 Å². The molecule has 232 valence electrons. The van der Waals surface area contributed by atoms with Crippen LogP contribution in [0.5, 0.6) is 0 Å². The first-order valence-corrected chi connectivity index (χ1v) is 23.6. The molecule has 0 spiro atoms. The van der Waals surface area contributed by atoms with Crippen molar-refractivity contribution in [3.63, 3.8) is 0 Å². The summed E-state index contributed by atoms with van der Waals surface area (Å²) in [5.41, 5.74) is 13.4. The van der Waals surface area contributed by atoms with Crippen LogP contribution in [0.1, 0.15) is 54.2 Å². The van der Waals surface area contributed by atoms with Crippen molar-refractivity contribution in [3.05, 3.63) is 130 Å². The second kappa shape index (κ2) is 18.8. The van der Waals surface area contributed by atoms with E-state index in [1.165, 1.54) is 98.8 Å². The topological polar surface area (TPSA) is 0 Å². The zero-order valence-electron chi connectivity index (χ0n) is 28.1. The van der Waals surface area contributed by atoms with Gasteiger partial charge in [-0.2, -0.15) is 12.1 Å². The van der Waals surface area contributed by atoms with E-state index in [1.807, 2.05) is 0 Å². The van der Waals surface area contributed by atoms with Crippen molar-refractivity contribution in [2.75, 3.05) is 0 Å². The summed E-state index contributed by atoms with van der Waals surface area (Å²) < 4.78 is 0. The number of rotatable bonds is 5. The van der Waals surface area contributed by atoms with E-state index in [1.54, 1.807) is 0 Å². The van der Waals surface area contributed by atoms with Gasteiger partial charge in [0.25, 0.3) is 0 Å². The third-order valence-corrected chi connectivity index (χ3v) is 9.05. The monoisotopic (exact) mass is 726 g/mol. The van der Waals surface area contributed by atoms with Crippen LogP contribution in [0.4, 0.5) is 0 Å². The molecular formula is C41H46Cl2SiZr. The fraction of sp³-hybridized carbons (Fsp3) is 0.268. The molecular weight excluding hydrogens is 683 g/mol. The number of halogens is 2. The summed E-state index contributed by atoms with van der Waals surface area (Å²) in [4.78, 5) is 0. The third-order valence-electron chi connectivity index (χ3n) is 8.05. The summed E-state index contributed by atoms with van der Waals surface area (Å²) in [5.74, 6) is 0. The van der Waals surface area contributed by atoms with Crippen molar-refractivity contribution in [3.8, 4) is 22.3 Å². The Labute approximate surface area is 293 Å². The molecule has 0 aliphatic carbocycles. The van der Waals surface area contributed by atoms with Gasteiger partial charge in [0, 0.05) is 9.52 Å². The molecule has 6 rings (SSSR count). The first-order chi connectivity index (χ1) is 21.7. The van der Waals surface area contributed by atoms with E-state index in [4.69, 9.17) is 17.0 Å². The van der Waals surface area contributed by atoms with Crippen LogP contribution >= 0.6 is 17.0 Å². The third kappa shape index (κ3) is 10.4. The van der Waals surface area contributed by atoms with Crippen LogP contribution in [-0.4, -0.2) is 9.52 Å².